The fourth-order valence-corrected chi connectivity index (χ4v) is 3.99. The molecule has 1 aromatic carbocycles. The Hall–Kier alpha value is -1.60. The first-order chi connectivity index (χ1) is 9.95. The van der Waals surface area contributed by atoms with Gasteiger partial charge in [-0.2, -0.15) is 4.31 Å². The van der Waals surface area contributed by atoms with E-state index in [2.05, 4.69) is 5.32 Å². The number of hydrogen-bond donors (Lipinski definition) is 2. The van der Waals surface area contributed by atoms with Gasteiger partial charge in [0, 0.05) is 25.2 Å². The Labute approximate surface area is 125 Å². The SMILES string of the molecule is CCC(=O)Nc1ccc(N)c(S(=O)(=O)N2CCCCC2)c1. The predicted octanol–water partition coefficient (Wildman–Crippen LogP) is 1.79. The summed E-state index contributed by atoms with van der Waals surface area (Å²) in [7, 11) is -3.60. The molecule has 6 nitrogen and oxygen atoms in total. The number of benzene rings is 1. The Balaban J connectivity index is 2.33. The van der Waals surface area contributed by atoms with E-state index in [1.807, 2.05) is 0 Å². The fraction of sp³-hybridized carbons (Fsp3) is 0.500. The second-order valence-corrected chi connectivity index (χ2v) is 7.03. The monoisotopic (exact) mass is 311 g/mol. The number of nitrogens with one attached hydrogen (secondary N) is 1. The summed E-state index contributed by atoms with van der Waals surface area (Å²) in [4.78, 5) is 11.5. The summed E-state index contributed by atoms with van der Waals surface area (Å²) in [6.07, 6.45) is 3.11. The Morgan fingerprint density at radius 3 is 2.57 bits per heavy atom. The van der Waals surface area contributed by atoms with Gasteiger partial charge >= 0.3 is 0 Å². The minimum absolute atomic E-state index is 0.0679. The molecule has 0 aromatic heterocycles. The van der Waals surface area contributed by atoms with Crippen molar-refractivity contribution in [2.24, 2.45) is 0 Å². The van der Waals surface area contributed by atoms with Gasteiger partial charge in [0.1, 0.15) is 4.90 Å². The molecule has 1 saturated heterocycles. The number of nitrogen functional groups attached to an aromatic ring is 1. The van der Waals surface area contributed by atoms with Crippen LogP contribution in [0.1, 0.15) is 32.6 Å². The number of nitrogens with two attached hydrogens (primary N) is 1. The Morgan fingerprint density at radius 1 is 1.29 bits per heavy atom. The average molecular weight is 311 g/mol. The van der Waals surface area contributed by atoms with Crippen LogP contribution in [0.3, 0.4) is 0 Å². The molecule has 21 heavy (non-hydrogen) atoms. The molecule has 0 saturated carbocycles. The van der Waals surface area contributed by atoms with Gasteiger partial charge in [-0.3, -0.25) is 4.79 Å². The maximum atomic E-state index is 12.6. The van der Waals surface area contributed by atoms with Crippen LogP contribution < -0.4 is 11.1 Å². The fourth-order valence-electron chi connectivity index (χ4n) is 2.33. The first-order valence-corrected chi connectivity index (χ1v) is 8.58. The van der Waals surface area contributed by atoms with E-state index in [1.54, 1.807) is 13.0 Å². The van der Waals surface area contributed by atoms with Crippen molar-refractivity contribution in [1.82, 2.24) is 4.31 Å². The van der Waals surface area contributed by atoms with E-state index in [-0.39, 0.29) is 16.5 Å². The quantitative estimate of drug-likeness (QED) is 0.829. The molecule has 1 aliphatic heterocycles. The van der Waals surface area contributed by atoms with Crippen LogP contribution in [-0.4, -0.2) is 31.7 Å². The topological polar surface area (TPSA) is 92.5 Å². The summed E-state index contributed by atoms with van der Waals surface area (Å²) < 4.78 is 26.8. The molecule has 116 valence electrons. The highest BCUT2D eigenvalue weighted by Crippen LogP contribution is 2.27. The lowest BCUT2D eigenvalue weighted by molar-refractivity contribution is -0.115. The zero-order valence-corrected chi connectivity index (χ0v) is 12.9. The Kier molecular flexibility index (Phi) is 4.84. The first-order valence-electron chi connectivity index (χ1n) is 7.14. The number of piperidine rings is 1. The zero-order chi connectivity index (χ0) is 15.5. The van der Waals surface area contributed by atoms with E-state index >= 15 is 0 Å². The van der Waals surface area contributed by atoms with Crippen LogP contribution in [0.5, 0.6) is 0 Å². The summed E-state index contributed by atoms with van der Waals surface area (Å²) in [5.74, 6) is -0.166. The summed E-state index contributed by atoms with van der Waals surface area (Å²) in [5.41, 5.74) is 6.48. The van der Waals surface area contributed by atoms with Crippen LogP contribution >= 0.6 is 0 Å². The van der Waals surface area contributed by atoms with Gasteiger partial charge in [0.25, 0.3) is 0 Å². The lowest BCUT2D eigenvalue weighted by Crippen LogP contribution is -2.36. The maximum Gasteiger partial charge on any atom is 0.245 e. The van der Waals surface area contributed by atoms with Crippen LogP contribution in [0.25, 0.3) is 0 Å². The van der Waals surface area contributed by atoms with Crippen molar-refractivity contribution in [1.29, 1.82) is 0 Å². The van der Waals surface area contributed by atoms with Crippen molar-refractivity contribution in [2.45, 2.75) is 37.5 Å². The third-order valence-corrected chi connectivity index (χ3v) is 5.51. The van der Waals surface area contributed by atoms with E-state index in [9.17, 15) is 13.2 Å². The second kappa shape index (κ2) is 6.44. The molecule has 1 fully saturated rings. The van der Waals surface area contributed by atoms with Crippen molar-refractivity contribution in [3.63, 3.8) is 0 Å². The third kappa shape index (κ3) is 3.54. The standard InChI is InChI=1S/C14H21N3O3S/c1-2-14(18)16-11-6-7-12(15)13(10-11)21(19,20)17-8-4-3-5-9-17/h6-7,10H,2-5,8-9,15H2,1H3,(H,16,18). The molecular weight excluding hydrogens is 290 g/mol. The van der Waals surface area contributed by atoms with Gasteiger partial charge in [0.05, 0.1) is 5.69 Å². The first kappa shape index (κ1) is 15.8. The van der Waals surface area contributed by atoms with Gasteiger partial charge in [0.2, 0.25) is 15.9 Å². The van der Waals surface area contributed by atoms with E-state index in [1.165, 1.54) is 16.4 Å². The van der Waals surface area contributed by atoms with Gasteiger partial charge in [0.15, 0.2) is 0 Å². The Morgan fingerprint density at radius 2 is 1.95 bits per heavy atom. The van der Waals surface area contributed by atoms with E-state index in [0.29, 0.717) is 25.2 Å². The number of rotatable bonds is 4. The number of carbonyl (C=O) groups excluding carboxylic acids is 1. The zero-order valence-electron chi connectivity index (χ0n) is 12.1. The highest BCUT2D eigenvalue weighted by Gasteiger charge is 2.28. The van der Waals surface area contributed by atoms with Crippen molar-refractivity contribution in [3.8, 4) is 0 Å². The van der Waals surface area contributed by atoms with Crippen LogP contribution in [-0.2, 0) is 14.8 Å². The van der Waals surface area contributed by atoms with Crippen LogP contribution in [0.4, 0.5) is 11.4 Å². The average Bonchev–Trinajstić information content (AvgIpc) is 2.49. The highest BCUT2D eigenvalue weighted by molar-refractivity contribution is 7.89. The molecule has 0 spiro atoms. The number of anilines is 2. The number of carbonyl (C=O) groups is 1. The maximum absolute atomic E-state index is 12.6. The van der Waals surface area contributed by atoms with Gasteiger partial charge in [-0.1, -0.05) is 13.3 Å². The second-order valence-electron chi connectivity index (χ2n) is 5.12. The summed E-state index contributed by atoms with van der Waals surface area (Å²) >= 11 is 0. The molecule has 0 unspecified atom stereocenters. The number of amides is 1. The molecule has 0 aliphatic carbocycles. The third-order valence-electron chi connectivity index (χ3n) is 3.55. The smallest absolute Gasteiger partial charge is 0.245 e. The van der Waals surface area contributed by atoms with Crippen molar-refractivity contribution in [3.05, 3.63) is 18.2 Å². The van der Waals surface area contributed by atoms with Crippen LogP contribution in [0.2, 0.25) is 0 Å². The van der Waals surface area contributed by atoms with Gasteiger partial charge in [-0.25, -0.2) is 8.42 Å². The molecular formula is C14H21N3O3S. The minimum atomic E-state index is -3.60. The van der Waals surface area contributed by atoms with E-state index < -0.39 is 10.0 Å². The normalized spacial score (nSPS) is 16.6. The summed E-state index contributed by atoms with van der Waals surface area (Å²) in [6, 6.07) is 4.56. The lowest BCUT2D eigenvalue weighted by Gasteiger charge is -2.26. The summed E-state index contributed by atoms with van der Waals surface area (Å²) in [5, 5.41) is 2.66. The van der Waals surface area contributed by atoms with Crippen molar-refractivity contribution >= 4 is 27.3 Å². The molecule has 2 rings (SSSR count). The Bertz CT molecular complexity index is 622. The van der Waals surface area contributed by atoms with Gasteiger partial charge in [-0.15, -0.1) is 0 Å². The molecule has 1 amide bonds. The van der Waals surface area contributed by atoms with E-state index in [0.717, 1.165) is 19.3 Å². The molecule has 1 heterocycles. The number of nitrogens with zero attached hydrogens (tertiary/aromatic N) is 1. The molecule has 1 aliphatic rings. The highest BCUT2D eigenvalue weighted by atomic mass is 32.2. The number of hydrogen-bond acceptors (Lipinski definition) is 4. The lowest BCUT2D eigenvalue weighted by atomic mass is 10.2. The van der Waals surface area contributed by atoms with Gasteiger partial charge < -0.3 is 11.1 Å². The molecule has 1 aromatic rings. The molecule has 0 atom stereocenters. The largest absolute Gasteiger partial charge is 0.398 e. The molecule has 0 bridgehead atoms. The summed E-state index contributed by atoms with van der Waals surface area (Å²) in [6.45, 7) is 2.78. The predicted molar refractivity (Wildman–Crippen MR) is 82.4 cm³/mol. The minimum Gasteiger partial charge on any atom is -0.398 e. The van der Waals surface area contributed by atoms with Crippen LogP contribution in [0, 0.1) is 0 Å². The van der Waals surface area contributed by atoms with E-state index in [4.69, 9.17) is 5.73 Å². The van der Waals surface area contributed by atoms with Crippen molar-refractivity contribution in [2.75, 3.05) is 24.1 Å². The molecule has 0 radical (unpaired) electrons. The van der Waals surface area contributed by atoms with Crippen molar-refractivity contribution < 1.29 is 13.2 Å². The molecule has 7 heteroatoms. The van der Waals surface area contributed by atoms with Gasteiger partial charge in [-0.05, 0) is 31.0 Å². The molecule has 3 N–H and O–H groups in total. The van der Waals surface area contributed by atoms with Crippen LogP contribution in [0.15, 0.2) is 23.1 Å². The number of sulfonamides is 1.